The van der Waals surface area contributed by atoms with Gasteiger partial charge in [0.25, 0.3) is 0 Å². The second-order valence-electron chi connectivity index (χ2n) is 3.53. The monoisotopic (exact) mass is 232 g/mol. The van der Waals surface area contributed by atoms with Crippen LogP contribution in [0.2, 0.25) is 0 Å². The summed E-state index contributed by atoms with van der Waals surface area (Å²) in [4.78, 5) is 33.7. The molecule has 1 aromatic rings. The lowest BCUT2D eigenvalue weighted by atomic mass is 9.97. The summed E-state index contributed by atoms with van der Waals surface area (Å²) in [6.45, 7) is 3.52. The molecule has 0 aromatic heterocycles. The molecule has 0 saturated carbocycles. The van der Waals surface area contributed by atoms with Crippen LogP contribution in [-0.4, -0.2) is 23.0 Å². The maximum Gasteiger partial charge on any atom is 0.347 e. The molecule has 0 fully saturated rings. The summed E-state index contributed by atoms with van der Waals surface area (Å²) < 4.78 is 4.45. The Hall–Kier alpha value is -2.43. The van der Waals surface area contributed by atoms with Gasteiger partial charge in [-0.2, -0.15) is 0 Å². The van der Waals surface area contributed by atoms with Gasteiger partial charge in [0.2, 0.25) is 0 Å². The molecule has 1 aliphatic heterocycles. The van der Waals surface area contributed by atoms with E-state index in [1.165, 1.54) is 12.1 Å². The van der Waals surface area contributed by atoms with Gasteiger partial charge >= 0.3 is 17.9 Å². The molecular weight excluding hydrogens is 224 g/mol. The number of esters is 2. The number of carbonyl (C=O) groups excluding carboxylic acids is 2. The molecule has 0 bridgehead atoms. The zero-order valence-corrected chi connectivity index (χ0v) is 8.73. The van der Waals surface area contributed by atoms with Crippen LogP contribution in [0.4, 0.5) is 0 Å². The van der Waals surface area contributed by atoms with Gasteiger partial charge in [-0.15, -0.1) is 6.58 Å². The van der Waals surface area contributed by atoms with Crippen molar-refractivity contribution < 1.29 is 24.2 Å². The Morgan fingerprint density at radius 3 is 2.65 bits per heavy atom. The van der Waals surface area contributed by atoms with Gasteiger partial charge in [-0.1, -0.05) is 6.08 Å². The second kappa shape index (κ2) is 3.86. The first kappa shape index (κ1) is 11.1. The minimum absolute atomic E-state index is 0.00625. The third-order valence-corrected chi connectivity index (χ3v) is 2.44. The summed E-state index contributed by atoms with van der Waals surface area (Å²) in [5.41, 5.74) is 0.532. The molecule has 5 heteroatoms. The van der Waals surface area contributed by atoms with Crippen LogP contribution in [0.1, 0.15) is 36.6 Å². The fraction of sp³-hybridized carbons (Fsp3) is 0.0833. The van der Waals surface area contributed by atoms with Crippen LogP contribution >= 0.6 is 0 Å². The smallest absolute Gasteiger partial charge is 0.347 e. The molecule has 0 unspecified atom stereocenters. The third-order valence-electron chi connectivity index (χ3n) is 2.44. The van der Waals surface area contributed by atoms with Gasteiger partial charge in [0.15, 0.2) is 0 Å². The molecule has 2 rings (SSSR count). The fourth-order valence-corrected chi connectivity index (χ4v) is 1.73. The van der Waals surface area contributed by atoms with E-state index in [1.54, 1.807) is 0 Å². The number of aromatic carboxylic acids is 1. The van der Waals surface area contributed by atoms with E-state index in [-0.39, 0.29) is 16.7 Å². The van der Waals surface area contributed by atoms with E-state index in [0.29, 0.717) is 12.0 Å². The lowest BCUT2D eigenvalue weighted by Gasteiger charge is -2.04. The topological polar surface area (TPSA) is 80.7 Å². The van der Waals surface area contributed by atoms with Gasteiger partial charge in [-0.05, 0) is 24.1 Å². The molecule has 0 atom stereocenters. The van der Waals surface area contributed by atoms with Crippen LogP contribution in [0.3, 0.4) is 0 Å². The summed E-state index contributed by atoms with van der Waals surface area (Å²) in [6, 6.07) is 2.50. The normalized spacial score (nSPS) is 13.2. The molecule has 86 valence electrons. The summed E-state index contributed by atoms with van der Waals surface area (Å²) in [7, 11) is 0. The Kier molecular flexibility index (Phi) is 2.51. The number of hydrogen-bond donors (Lipinski definition) is 1. The van der Waals surface area contributed by atoms with E-state index in [9.17, 15) is 14.4 Å². The summed E-state index contributed by atoms with van der Waals surface area (Å²) in [5.74, 6) is -2.71. The van der Waals surface area contributed by atoms with Crippen molar-refractivity contribution in [3.8, 4) is 0 Å². The predicted octanol–water partition coefficient (Wildman–Crippen LogP) is 1.42. The van der Waals surface area contributed by atoms with Crippen LogP contribution in [0.25, 0.3) is 0 Å². The third kappa shape index (κ3) is 1.71. The van der Waals surface area contributed by atoms with Gasteiger partial charge in [0.05, 0.1) is 16.7 Å². The Labute approximate surface area is 96.3 Å². The number of carboxylic acids is 1. The summed E-state index contributed by atoms with van der Waals surface area (Å²) in [5, 5.41) is 8.90. The van der Waals surface area contributed by atoms with Crippen molar-refractivity contribution in [1.29, 1.82) is 0 Å². The molecule has 1 heterocycles. The SMILES string of the molecule is C=CCc1cc(C(=O)O)cc2c1C(=O)OC2=O. The van der Waals surface area contributed by atoms with Crippen molar-refractivity contribution in [2.45, 2.75) is 6.42 Å². The van der Waals surface area contributed by atoms with Crippen LogP contribution < -0.4 is 0 Å². The highest BCUT2D eigenvalue weighted by molar-refractivity contribution is 6.16. The molecule has 1 aromatic carbocycles. The maximum absolute atomic E-state index is 11.4. The number of cyclic esters (lactones) is 2. The standard InChI is InChI=1S/C12H8O5/c1-2-3-6-4-7(10(13)14)5-8-9(6)12(16)17-11(8)15/h2,4-5H,1,3H2,(H,13,14). The first-order chi connectivity index (χ1) is 8.04. The lowest BCUT2D eigenvalue weighted by Crippen LogP contribution is -2.04. The predicted molar refractivity (Wildman–Crippen MR) is 57.0 cm³/mol. The van der Waals surface area contributed by atoms with E-state index in [4.69, 9.17) is 5.11 Å². The van der Waals surface area contributed by atoms with E-state index >= 15 is 0 Å². The summed E-state index contributed by atoms with van der Waals surface area (Å²) >= 11 is 0. The van der Waals surface area contributed by atoms with Crippen molar-refractivity contribution >= 4 is 17.9 Å². The minimum Gasteiger partial charge on any atom is -0.478 e. The largest absolute Gasteiger partial charge is 0.478 e. The number of benzene rings is 1. The Morgan fingerprint density at radius 2 is 2.06 bits per heavy atom. The van der Waals surface area contributed by atoms with E-state index in [1.807, 2.05) is 0 Å². The number of hydrogen-bond acceptors (Lipinski definition) is 4. The molecule has 0 spiro atoms. The Morgan fingerprint density at radius 1 is 1.35 bits per heavy atom. The van der Waals surface area contributed by atoms with Gasteiger partial charge in [-0.3, -0.25) is 0 Å². The molecular formula is C12H8O5. The van der Waals surface area contributed by atoms with E-state index in [2.05, 4.69) is 11.3 Å². The van der Waals surface area contributed by atoms with Crippen LogP contribution in [-0.2, 0) is 11.2 Å². The fourth-order valence-electron chi connectivity index (χ4n) is 1.73. The first-order valence-corrected chi connectivity index (χ1v) is 4.82. The first-order valence-electron chi connectivity index (χ1n) is 4.82. The van der Waals surface area contributed by atoms with Crippen molar-refractivity contribution in [1.82, 2.24) is 0 Å². The van der Waals surface area contributed by atoms with Gasteiger partial charge in [0, 0.05) is 0 Å². The van der Waals surface area contributed by atoms with Crippen molar-refractivity contribution in [3.63, 3.8) is 0 Å². The molecule has 0 aliphatic carbocycles. The van der Waals surface area contributed by atoms with Gasteiger partial charge in [0.1, 0.15) is 0 Å². The van der Waals surface area contributed by atoms with E-state index < -0.39 is 17.9 Å². The molecule has 0 radical (unpaired) electrons. The van der Waals surface area contributed by atoms with Gasteiger partial charge in [-0.25, -0.2) is 14.4 Å². The molecule has 0 amide bonds. The Bertz CT molecular complexity index is 556. The van der Waals surface area contributed by atoms with Crippen molar-refractivity contribution in [2.75, 3.05) is 0 Å². The minimum atomic E-state index is -1.16. The molecule has 5 nitrogen and oxygen atoms in total. The number of rotatable bonds is 3. The zero-order valence-electron chi connectivity index (χ0n) is 8.73. The van der Waals surface area contributed by atoms with Crippen molar-refractivity contribution in [2.24, 2.45) is 0 Å². The highest BCUT2D eigenvalue weighted by Crippen LogP contribution is 2.26. The highest BCUT2D eigenvalue weighted by atomic mass is 16.6. The Balaban J connectivity index is 2.70. The number of carboxylic acid groups (broad SMARTS) is 1. The highest BCUT2D eigenvalue weighted by Gasteiger charge is 2.33. The number of allylic oxidation sites excluding steroid dienone is 1. The lowest BCUT2D eigenvalue weighted by molar-refractivity contribution is 0.0443. The van der Waals surface area contributed by atoms with Gasteiger partial charge < -0.3 is 9.84 Å². The molecule has 1 aliphatic rings. The van der Waals surface area contributed by atoms with Crippen LogP contribution in [0.15, 0.2) is 24.8 Å². The number of ether oxygens (including phenoxy) is 1. The molecule has 0 saturated heterocycles. The molecule has 17 heavy (non-hydrogen) atoms. The average molecular weight is 232 g/mol. The second-order valence-corrected chi connectivity index (χ2v) is 3.53. The average Bonchev–Trinajstić information content (AvgIpc) is 2.55. The van der Waals surface area contributed by atoms with Crippen LogP contribution in [0, 0.1) is 0 Å². The quantitative estimate of drug-likeness (QED) is 0.484. The maximum atomic E-state index is 11.4. The van der Waals surface area contributed by atoms with E-state index in [0.717, 1.165) is 6.07 Å². The van der Waals surface area contributed by atoms with Crippen molar-refractivity contribution in [3.05, 3.63) is 47.0 Å². The number of fused-ring (bicyclic) bond motifs is 1. The van der Waals surface area contributed by atoms with Crippen LogP contribution in [0.5, 0.6) is 0 Å². The summed E-state index contributed by atoms with van der Waals surface area (Å²) in [6.07, 6.45) is 1.82. The molecule has 1 N–H and O–H groups in total. The number of carbonyl (C=O) groups is 3. The zero-order chi connectivity index (χ0) is 12.6.